The van der Waals surface area contributed by atoms with E-state index >= 15 is 0 Å². The summed E-state index contributed by atoms with van der Waals surface area (Å²) in [5, 5.41) is 10.9. The van der Waals surface area contributed by atoms with Crippen LogP contribution in [0.2, 0.25) is 0 Å². The van der Waals surface area contributed by atoms with Gasteiger partial charge >= 0.3 is 0 Å². The maximum atomic E-state index is 10.9. The van der Waals surface area contributed by atoms with Crippen molar-refractivity contribution in [3.8, 4) is 0 Å². The molecule has 1 aliphatic heterocycles. The molecule has 0 amide bonds. The molecule has 1 aliphatic carbocycles. The molecule has 1 saturated heterocycles. The number of likely N-dealkylation sites (tertiary alicyclic amines) is 1. The molecule has 2 heteroatoms. The minimum absolute atomic E-state index is 0.0991. The van der Waals surface area contributed by atoms with Crippen molar-refractivity contribution >= 4 is 0 Å². The SMILES string of the molecule is CCC(CC)CC(O)C1(N2CCCCC2)CCCC1. The minimum atomic E-state index is -0.0991. The zero-order valence-electron chi connectivity index (χ0n) is 13.0. The van der Waals surface area contributed by atoms with Gasteiger partial charge in [0.2, 0.25) is 0 Å². The fraction of sp³-hybridized carbons (Fsp3) is 1.00. The van der Waals surface area contributed by atoms with Crippen LogP contribution < -0.4 is 0 Å². The number of aliphatic hydroxyl groups is 1. The summed E-state index contributed by atoms with van der Waals surface area (Å²) in [7, 11) is 0. The number of rotatable bonds is 6. The summed E-state index contributed by atoms with van der Waals surface area (Å²) in [6.45, 7) is 6.98. The Kier molecular flexibility index (Phi) is 5.70. The molecular formula is C17H33NO. The van der Waals surface area contributed by atoms with Crippen LogP contribution in [0.15, 0.2) is 0 Å². The Hall–Kier alpha value is -0.0800. The second-order valence-corrected chi connectivity index (χ2v) is 6.79. The number of piperidine rings is 1. The van der Waals surface area contributed by atoms with E-state index in [2.05, 4.69) is 18.7 Å². The van der Waals surface area contributed by atoms with E-state index in [0.29, 0.717) is 5.92 Å². The third-order valence-corrected chi connectivity index (χ3v) is 5.79. The summed E-state index contributed by atoms with van der Waals surface area (Å²) in [6, 6.07) is 0. The Morgan fingerprint density at radius 1 is 0.947 bits per heavy atom. The lowest BCUT2D eigenvalue weighted by atomic mass is 9.81. The molecule has 0 aromatic carbocycles. The average molecular weight is 267 g/mol. The van der Waals surface area contributed by atoms with Gasteiger partial charge in [0.05, 0.1) is 6.10 Å². The van der Waals surface area contributed by atoms with Crippen molar-refractivity contribution in [2.45, 2.75) is 89.7 Å². The molecule has 0 radical (unpaired) electrons. The molecule has 1 saturated carbocycles. The molecule has 1 atom stereocenters. The Balaban J connectivity index is 2.04. The molecule has 112 valence electrons. The van der Waals surface area contributed by atoms with E-state index in [-0.39, 0.29) is 11.6 Å². The number of aliphatic hydroxyl groups excluding tert-OH is 1. The van der Waals surface area contributed by atoms with Crippen LogP contribution in [0.4, 0.5) is 0 Å². The van der Waals surface area contributed by atoms with Gasteiger partial charge in [-0.2, -0.15) is 0 Å². The number of hydrogen-bond donors (Lipinski definition) is 1. The number of hydrogen-bond acceptors (Lipinski definition) is 2. The fourth-order valence-corrected chi connectivity index (χ4v) is 4.34. The Morgan fingerprint density at radius 2 is 1.53 bits per heavy atom. The van der Waals surface area contributed by atoms with E-state index in [1.165, 1.54) is 70.9 Å². The van der Waals surface area contributed by atoms with Gasteiger partial charge in [-0.05, 0) is 51.1 Å². The Bertz CT molecular complexity index is 250. The zero-order chi connectivity index (χ0) is 13.7. The average Bonchev–Trinajstić information content (AvgIpc) is 2.96. The van der Waals surface area contributed by atoms with Gasteiger partial charge in [0.1, 0.15) is 0 Å². The highest BCUT2D eigenvalue weighted by molar-refractivity contribution is 5.01. The summed E-state index contributed by atoms with van der Waals surface area (Å²) in [5.74, 6) is 0.706. The first kappa shape index (κ1) is 15.3. The van der Waals surface area contributed by atoms with Crippen LogP contribution in [0.25, 0.3) is 0 Å². The smallest absolute Gasteiger partial charge is 0.0726 e. The summed E-state index contributed by atoms with van der Waals surface area (Å²) >= 11 is 0. The van der Waals surface area contributed by atoms with E-state index in [1.807, 2.05) is 0 Å². The highest BCUT2D eigenvalue weighted by Gasteiger charge is 2.45. The molecule has 2 fully saturated rings. The van der Waals surface area contributed by atoms with Crippen molar-refractivity contribution in [3.05, 3.63) is 0 Å². The fourth-order valence-electron chi connectivity index (χ4n) is 4.34. The molecular weight excluding hydrogens is 234 g/mol. The molecule has 2 nitrogen and oxygen atoms in total. The lowest BCUT2D eigenvalue weighted by Gasteiger charge is -2.47. The molecule has 0 spiro atoms. The first-order valence-electron chi connectivity index (χ1n) is 8.66. The summed E-state index contributed by atoms with van der Waals surface area (Å²) < 4.78 is 0. The maximum Gasteiger partial charge on any atom is 0.0726 e. The number of nitrogens with zero attached hydrogens (tertiary/aromatic N) is 1. The second kappa shape index (κ2) is 7.08. The van der Waals surface area contributed by atoms with Crippen molar-refractivity contribution in [3.63, 3.8) is 0 Å². The second-order valence-electron chi connectivity index (χ2n) is 6.79. The summed E-state index contributed by atoms with van der Waals surface area (Å²) in [5.41, 5.74) is 0.142. The minimum Gasteiger partial charge on any atom is -0.391 e. The van der Waals surface area contributed by atoms with Crippen molar-refractivity contribution < 1.29 is 5.11 Å². The first-order chi connectivity index (χ1) is 9.23. The van der Waals surface area contributed by atoms with E-state index in [1.54, 1.807) is 0 Å². The molecule has 0 aromatic rings. The van der Waals surface area contributed by atoms with Crippen LogP contribution >= 0.6 is 0 Å². The van der Waals surface area contributed by atoms with Crippen molar-refractivity contribution in [2.24, 2.45) is 5.92 Å². The van der Waals surface area contributed by atoms with Crippen molar-refractivity contribution in [1.82, 2.24) is 4.90 Å². The lowest BCUT2D eigenvalue weighted by Crippen LogP contribution is -2.57. The van der Waals surface area contributed by atoms with Crippen LogP contribution in [-0.2, 0) is 0 Å². The summed E-state index contributed by atoms with van der Waals surface area (Å²) in [4.78, 5) is 2.66. The highest BCUT2D eigenvalue weighted by atomic mass is 16.3. The van der Waals surface area contributed by atoms with Gasteiger partial charge in [-0.3, -0.25) is 4.90 Å². The zero-order valence-corrected chi connectivity index (χ0v) is 13.0. The molecule has 1 heterocycles. The normalized spacial score (nSPS) is 25.9. The van der Waals surface area contributed by atoms with Gasteiger partial charge < -0.3 is 5.11 Å². The molecule has 2 aliphatic rings. The monoisotopic (exact) mass is 267 g/mol. The van der Waals surface area contributed by atoms with E-state index < -0.39 is 0 Å². The molecule has 2 rings (SSSR count). The standard InChI is InChI=1S/C17H33NO/c1-3-15(4-2)14-16(19)17(10-6-7-11-17)18-12-8-5-9-13-18/h15-16,19H,3-14H2,1-2H3. The predicted molar refractivity (Wildman–Crippen MR) is 81.3 cm³/mol. The Labute approximate surface area is 119 Å². The molecule has 1 N–H and O–H groups in total. The molecule has 19 heavy (non-hydrogen) atoms. The van der Waals surface area contributed by atoms with Gasteiger partial charge in [0.15, 0.2) is 0 Å². The van der Waals surface area contributed by atoms with Crippen molar-refractivity contribution in [1.29, 1.82) is 0 Å². The van der Waals surface area contributed by atoms with Gasteiger partial charge in [-0.1, -0.05) is 46.0 Å². The van der Waals surface area contributed by atoms with E-state index in [4.69, 9.17) is 0 Å². The topological polar surface area (TPSA) is 23.5 Å². The third-order valence-electron chi connectivity index (χ3n) is 5.79. The molecule has 1 unspecified atom stereocenters. The van der Waals surface area contributed by atoms with Gasteiger partial charge in [-0.15, -0.1) is 0 Å². The van der Waals surface area contributed by atoms with Gasteiger partial charge in [-0.25, -0.2) is 0 Å². The van der Waals surface area contributed by atoms with Crippen LogP contribution in [0.5, 0.6) is 0 Å². The van der Waals surface area contributed by atoms with Gasteiger partial charge in [0, 0.05) is 5.54 Å². The van der Waals surface area contributed by atoms with Crippen LogP contribution in [0.1, 0.15) is 78.1 Å². The summed E-state index contributed by atoms with van der Waals surface area (Å²) in [6.07, 6.45) is 12.5. The molecule has 0 bridgehead atoms. The Morgan fingerprint density at radius 3 is 2.05 bits per heavy atom. The van der Waals surface area contributed by atoms with Gasteiger partial charge in [0.25, 0.3) is 0 Å². The van der Waals surface area contributed by atoms with Crippen LogP contribution in [-0.4, -0.2) is 34.7 Å². The van der Waals surface area contributed by atoms with Crippen LogP contribution in [0.3, 0.4) is 0 Å². The quantitative estimate of drug-likeness (QED) is 0.787. The molecule has 0 aromatic heterocycles. The largest absolute Gasteiger partial charge is 0.391 e. The lowest BCUT2D eigenvalue weighted by molar-refractivity contribution is -0.0492. The van der Waals surface area contributed by atoms with Crippen LogP contribution in [0, 0.1) is 5.92 Å². The predicted octanol–water partition coefficient (Wildman–Crippen LogP) is 3.97. The van der Waals surface area contributed by atoms with Crippen molar-refractivity contribution in [2.75, 3.05) is 13.1 Å². The van der Waals surface area contributed by atoms with E-state index in [0.717, 1.165) is 6.42 Å². The maximum absolute atomic E-state index is 10.9. The van der Waals surface area contributed by atoms with E-state index in [9.17, 15) is 5.11 Å². The third kappa shape index (κ3) is 3.33. The first-order valence-corrected chi connectivity index (χ1v) is 8.66. The highest BCUT2D eigenvalue weighted by Crippen LogP contribution is 2.41.